The van der Waals surface area contributed by atoms with Crippen LogP contribution in [0.5, 0.6) is 0 Å². The molecule has 6 heteroatoms. The minimum atomic E-state index is -0.321. The van der Waals surface area contributed by atoms with Crippen LogP contribution in [0.25, 0.3) is 0 Å². The number of nitrogens with one attached hydrogen (secondary N) is 3. The number of anilines is 3. The number of aryl methyl sites for hydroxylation is 1. The topological polar surface area (TPSA) is 73.5 Å². The molecular formula is C24H32N4O2. The van der Waals surface area contributed by atoms with Gasteiger partial charge in [0.05, 0.1) is 5.56 Å². The Morgan fingerprint density at radius 3 is 2.47 bits per heavy atom. The molecule has 2 aromatic carbocycles. The summed E-state index contributed by atoms with van der Waals surface area (Å²) in [4.78, 5) is 27.7. The molecule has 0 saturated carbocycles. The van der Waals surface area contributed by atoms with Crippen molar-refractivity contribution in [2.45, 2.75) is 52.5 Å². The zero-order valence-corrected chi connectivity index (χ0v) is 18.1. The van der Waals surface area contributed by atoms with Crippen molar-refractivity contribution in [3.05, 3.63) is 53.6 Å². The van der Waals surface area contributed by atoms with Crippen LogP contribution in [0.1, 0.15) is 56.0 Å². The third-order valence-electron chi connectivity index (χ3n) is 5.58. The maximum Gasteiger partial charge on any atom is 0.323 e. The van der Waals surface area contributed by atoms with Crippen molar-refractivity contribution in [3.8, 4) is 0 Å². The van der Waals surface area contributed by atoms with E-state index in [1.54, 1.807) is 6.07 Å². The van der Waals surface area contributed by atoms with Gasteiger partial charge in [-0.25, -0.2) is 4.79 Å². The van der Waals surface area contributed by atoms with Crippen molar-refractivity contribution in [3.63, 3.8) is 0 Å². The maximum atomic E-state index is 12.9. The molecule has 3 N–H and O–H groups in total. The smallest absolute Gasteiger partial charge is 0.323 e. The minimum Gasteiger partial charge on any atom is -0.371 e. The molecule has 3 amide bonds. The van der Waals surface area contributed by atoms with Gasteiger partial charge in [-0.3, -0.25) is 4.79 Å². The third kappa shape index (κ3) is 5.32. The zero-order valence-electron chi connectivity index (χ0n) is 18.1. The van der Waals surface area contributed by atoms with E-state index in [9.17, 15) is 9.59 Å². The zero-order chi connectivity index (χ0) is 21.5. The summed E-state index contributed by atoms with van der Waals surface area (Å²) in [6.07, 6.45) is 3.96. The quantitative estimate of drug-likeness (QED) is 0.602. The molecule has 1 aliphatic heterocycles. The molecule has 0 bridgehead atoms. The Balaban J connectivity index is 1.80. The third-order valence-corrected chi connectivity index (χ3v) is 5.58. The van der Waals surface area contributed by atoms with Gasteiger partial charge in [0.1, 0.15) is 0 Å². The van der Waals surface area contributed by atoms with Crippen LogP contribution in [0.15, 0.2) is 42.5 Å². The molecule has 1 aliphatic rings. The highest BCUT2D eigenvalue weighted by Crippen LogP contribution is 2.28. The second-order valence-corrected chi connectivity index (χ2v) is 7.80. The van der Waals surface area contributed by atoms with Crippen molar-refractivity contribution < 1.29 is 9.59 Å². The van der Waals surface area contributed by atoms with Gasteiger partial charge in [0.25, 0.3) is 5.91 Å². The Morgan fingerprint density at radius 2 is 1.77 bits per heavy atom. The first-order valence-corrected chi connectivity index (χ1v) is 10.9. The van der Waals surface area contributed by atoms with Crippen LogP contribution in [0.4, 0.5) is 21.9 Å². The van der Waals surface area contributed by atoms with E-state index in [1.807, 2.05) is 50.2 Å². The van der Waals surface area contributed by atoms with Gasteiger partial charge in [-0.1, -0.05) is 32.0 Å². The molecule has 0 aromatic heterocycles. The molecular weight excluding hydrogens is 376 g/mol. The van der Waals surface area contributed by atoms with Gasteiger partial charge in [0.15, 0.2) is 0 Å². The predicted octanol–water partition coefficient (Wildman–Crippen LogP) is 5.02. The fourth-order valence-corrected chi connectivity index (χ4v) is 3.67. The van der Waals surface area contributed by atoms with Crippen LogP contribution in [-0.4, -0.2) is 31.1 Å². The van der Waals surface area contributed by atoms with Crippen LogP contribution < -0.4 is 20.9 Å². The standard InChI is InChI=1S/C24H32N4O2/c1-4-17(3)25-23(29)20-16-19(12-13-22(20)28-14-8-9-15-28)26-24(30)27-21-11-7-6-10-18(21)5-2/h6-7,10-13,16-17H,4-5,8-9,14-15H2,1-3H3,(H,25,29)(H2,26,27,30)/t17-/m1/s1. The average molecular weight is 409 g/mol. The highest BCUT2D eigenvalue weighted by Gasteiger charge is 2.21. The number of benzene rings is 2. The first-order valence-electron chi connectivity index (χ1n) is 10.9. The second-order valence-electron chi connectivity index (χ2n) is 7.80. The Kier molecular flexibility index (Phi) is 7.33. The number of para-hydroxylation sites is 1. The van der Waals surface area contributed by atoms with Crippen molar-refractivity contribution in [2.75, 3.05) is 28.6 Å². The molecule has 1 saturated heterocycles. The van der Waals surface area contributed by atoms with Crippen LogP contribution in [0.2, 0.25) is 0 Å². The van der Waals surface area contributed by atoms with E-state index in [0.29, 0.717) is 11.3 Å². The number of hydrogen-bond donors (Lipinski definition) is 3. The molecule has 160 valence electrons. The van der Waals surface area contributed by atoms with Crippen LogP contribution in [0, 0.1) is 0 Å². The molecule has 1 fully saturated rings. The molecule has 0 radical (unpaired) electrons. The Bertz CT molecular complexity index is 891. The van der Waals surface area contributed by atoms with Crippen molar-refractivity contribution in [1.29, 1.82) is 0 Å². The van der Waals surface area contributed by atoms with Gasteiger partial charge < -0.3 is 20.9 Å². The number of rotatable bonds is 7. The van der Waals surface area contributed by atoms with Crippen LogP contribution in [-0.2, 0) is 6.42 Å². The van der Waals surface area contributed by atoms with Crippen LogP contribution >= 0.6 is 0 Å². The van der Waals surface area contributed by atoms with E-state index < -0.39 is 0 Å². The van der Waals surface area contributed by atoms with E-state index in [0.717, 1.165) is 55.7 Å². The Hall–Kier alpha value is -3.02. The highest BCUT2D eigenvalue weighted by atomic mass is 16.2. The SMILES string of the molecule is CCc1ccccc1NC(=O)Nc1ccc(N2CCCC2)c(C(=O)N[C@H](C)CC)c1. The lowest BCUT2D eigenvalue weighted by Crippen LogP contribution is -2.33. The van der Waals surface area contributed by atoms with Crippen molar-refractivity contribution in [2.24, 2.45) is 0 Å². The van der Waals surface area contributed by atoms with Gasteiger partial charge in [-0.05, 0) is 62.4 Å². The van der Waals surface area contributed by atoms with Crippen molar-refractivity contribution >= 4 is 29.0 Å². The highest BCUT2D eigenvalue weighted by molar-refractivity contribution is 6.04. The summed E-state index contributed by atoms with van der Waals surface area (Å²) in [5, 5.41) is 8.83. The first-order chi connectivity index (χ1) is 14.5. The van der Waals surface area contributed by atoms with Crippen molar-refractivity contribution in [1.82, 2.24) is 5.32 Å². The Morgan fingerprint density at radius 1 is 1.03 bits per heavy atom. The normalized spacial score (nSPS) is 14.3. The molecule has 2 aromatic rings. The summed E-state index contributed by atoms with van der Waals surface area (Å²) in [6, 6.07) is 13.1. The molecule has 1 atom stereocenters. The average Bonchev–Trinajstić information content (AvgIpc) is 3.28. The number of urea groups is 1. The summed E-state index contributed by atoms with van der Waals surface area (Å²) in [5.41, 5.74) is 3.99. The number of carbonyl (C=O) groups excluding carboxylic acids is 2. The number of nitrogens with zero attached hydrogens (tertiary/aromatic N) is 1. The lowest BCUT2D eigenvalue weighted by atomic mass is 10.1. The lowest BCUT2D eigenvalue weighted by Gasteiger charge is -2.23. The van der Waals surface area contributed by atoms with E-state index >= 15 is 0 Å². The molecule has 0 unspecified atom stereocenters. The van der Waals surface area contributed by atoms with E-state index in [1.165, 1.54) is 0 Å². The first kappa shape index (κ1) is 21.7. The van der Waals surface area contributed by atoms with E-state index in [2.05, 4.69) is 27.8 Å². The number of amides is 3. The molecule has 6 nitrogen and oxygen atoms in total. The fourth-order valence-electron chi connectivity index (χ4n) is 3.67. The van der Waals surface area contributed by atoms with E-state index in [4.69, 9.17) is 0 Å². The summed E-state index contributed by atoms with van der Waals surface area (Å²) in [7, 11) is 0. The minimum absolute atomic E-state index is 0.0920. The summed E-state index contributed by atoms with van der Waals surface area (Å²) in [5.74, 6) is -0.105. The molecule has 1 heterocycles. The number of carbonyl (C=O) groups is 2. The summed E-state index contributed by atoms with van der Waals surface area (Å²) >= 11 is 0. The van der Waals surface area contributed by atoms with Gasteiger partial charge in [-0.2, -0.15) is 0 Å². The largest absolute Gasteiger partial charge is 0.371 e. The molecule has 3 rings (SSSR count). The monoisotopic (exact) mass is 408 g/mol. The lowest BCUT2D eigenvalue weighted by molar-refractivity contribution is 0.0939. The van der Waals surface area contributed by atoms with Gasteiger partial charge in [0, 0.05) is 36.2 Å². The summed E-state index contributed by atoms with van der Waals surface area (Å²) < 4.78 is 0. The molecule has 30 heavy (non-hydrogen) atoms. The molecule has 0 aliphatic carbocycles. The second kappa shape index (κ2) is 10.1. The van der Waals surface area contributed by atoms with Gasteiger partial charge in [-0.15, -0.1) is 0 Å². The maximum absolute atomic E-state index is 12.9. The molecule has 0 spiro atoms. The van der Waals surface area contributed by atoms with Gasteiger partial charge in [0.2, 0.25) is 0 Å². The Labute approximate surface area is 179 Å². The van der Waals surface area contributed by atoms with Crippen LogP contribution in [0.3, 0.4) is 0 Å². The van der Waals surface area contributed by atoms with Gasteiger partial charge >= 0.3 is 6.03 Å². The fraction of sp³-hybridized carbons (Fsp3) is 0.417. The number of hydrogen-bond acceptors (Lipinski definition) is 3. The van der Waals surface area contributed by atoms with E-state index in [-0.39, 0.29) is 18.0 Å². The summed E-state index contributed by atoms with van der Waals surface area (Å²) in [6.45, 7) is 7.99. The predicted molar refractivity (Wildman–Crippen MR) is 124 cm³/mol.